The van der Waals surface area contributed by atoms with Crippen LogP contribution in [0.3, 0.4) is 0 Å². The molecule has 0 bridgehead atoms. The number of rotatable bonds is 5. The van der Waals surface area contributed by atoms with Crippen molar-refractivity contribution in [2.24, 2.45) is 0 Å². The first kappa shape index (κ1) is 16.0. The number of nitrogens with zero attached hydrogens (tertiary/aromatic N) is 5. The van der Waals surface area contributed by atoms with Gasteiger partial charge >= 0.3 is 6.43 Å². The molecule has 3 aromatic rings. The van der Waals surface area contributed by atoms with Crippen molar-refractivity contribution in [2.75, 3.05) is 5.32 Å². The van der Waals surface area contributed by atoms with Gasteiger partial charge in [-0.3, -0.25) is 0 Å². The predicted octanol–water partition coefficient (Wildman–Crippen LogP) is 3.72. The third-order valence-corrected chi connectivity index (χ3v) is 4.38. The Hall–Kier alpha value is -2.49. The summed E-state index contributed by atoms with van der Waals surface area (Å²) >= 11 is 3.32. The lowest BCUT2D eigenvalue weighted by atomic mass is 10.1. The average molecular weight is 409 g/mol. The number of anilines is 1. The summed E-state index contributed by atoms with van der Waals surface area (Å²) in [6.45, 7) is 0. The summed E-state index contributed by atoms with van der Waals surface area (Å²) in [5.74, 6) is -0.338. The Kier molecular flexibility index (Phi) is 3.91. The standard InChI is InChI=1S/C15H11BrF2N6O/c16-10-2-1-9(7-19-10)15(3-4-15)22-14-20-5-8(6-21-14)12-23-24-13(25-12)11(17)18/h1-2,5-7,11H,3-4H2,(H,20,21,22). The van der Waals surface area contributed by atoms with Gasteiger partial charge in [0.05, 0.1) is 11.1 Å². The fourth-order valence-electron chi connectivity index (χ4n) is 2.43. The van der Waals surface area contributed by atoms with Crippen LogP contribution in [-0.2, 0) is 5.54 Å². The molecule has 1 aliphatic carbocycles. The highest BCUT2D eigenvalue weighted by molar-refractivity contribution is 9.10. The van der Waals surface area contributed by atoms with E-state index in [2.05, 4.69) is 46.4 Å². The molecule has 0 aliphatic heterocycles. The van der Waals surface area contributed by atoms with Crippen molar-refractivity contribution < 1.29 is 13.2 Å². The zero-order valence-corrected chi connectivity index (χ0v) is 14.2. The van der Waals surface area contributed by atoms with Crippen molar-refractivity contribution in [2.45, 2.75) is 24.8 Å². The van der Waals surface area contributed by atoms with Gasteiger partial charge in [0.15, 0.2) is 0 Å². The Morgan fingerprint density at radius 3 is 2.40 bits per heavy atom. The third-order valence-electron chi connectivity index (χ3n) is 3.91. The highest BCUT2D eigenvalue weighted by atomic mass is 79.9. The van der Waals surface area contributed by atoms with Crippen LogP contribution < -0.4 is 5.32 Å². The molecule has 0 atom stereocenters. The Labute approximate surface area is 149 Å². The van der Waals surface area contributed by atoms with E-state index < -0.39 is 12.3 Å². The minimum Gasteiger partial charge on any atom is -0.415 e. The fraction of sp³-hybridized carbons (Fsp3) is 0.267. The zero-order valence-electron chi connectivity index (χ0n) is 12.7. The number of aromatic nitrogens is 5. The number of alkyl halides is 2. The first-order valence-corrected chi connectivity index (χ1v) is 8.19. The Morgan fingerprint density at radius 1 is 1.08 bits per heavy atom. The first-order chi connectivity index (χ1) is 12.1. The van der Waals surface area contributed by atoms with Crippen molar-refractivity contribution in [3.8, 4) is 11.5 Å². The predicted molar refractivity (Wildman–Crippen MR) is 86.8 cm³/mol. The molecule has 0 amide bonds. The van der Waals surface area contributed by atoms with Crippen LogP contribution in [0.1, 0.15) is 30.7 Å². The number of hydrogen-bond donors (Lipinski definition) is 1. The molecule has 0 aromatic carbocycles. The highest BCUT2D eigenvalue weighted by Crippen LogP contribution is 2.47. The molecule has 3 heterocycles. The van der Waals surface area contributed by atoms with Crippen LogP contribution in [0.4, 0.5) is 14.7 Å². The van der Waals surface area contributed by atoms with Gasteiger partial charge in [0.25, 0.3) is 11.8 Å². The molecule has 4 rings (SSSR count). The summed E-state index contributed by atoms with van der Waals surface area (Å²) in [5, 5.41) is 10.2. The molecule has 1 saturated carbocycles. The van der Waals surface area contributed by atoms with Crippen LogP contribution in [0.2, 0.25) is 0 Å². The number of pyridine rings is 1. The van der Waals surface area contributed by atoms with Crippen molar-refractivity contribution in [1.29, 1.82) is 0 Å². The molecule has 10 heteroatoms. The molecule has 0 unspecified atom stereocenters. The SMILES string of the molecule is FC(F)c1nnc(-c2cnc(NC3(c4ccc(Br)nc4)CC3)nc2)o1. The molecule has 0 spiro atoms. The van der Waals surface area contributed by atoms with Gasteiger partial charge in [-0.2, -0.15) is 8.78 Å². The van der Waals surface area contributed by atoms with E-state index in [-0.39, 0.29) is 11.4 Å². The maximum Gasteiger partial charge on any atom is 0.314 e. The average Bonchev–Trinajstić information content (AvgIpc) is 3.21. The van der Waals surface area contributed by atoms with Gasteiger partial charge in [-0.1, -0.05) is 6.07 Å². The smallest absolute Gasteiger partial charge is 0.314 e. The van der Waals surface area contributed by atoms with E-state index in [0.29, 0.717) is 11.5 Å². The number of halogens is 3. The van der Waals surface area contributed by atoms with E-state index in [4.69, 9.17) is 4.42 Å². The van der Waals surface area contributed by atoms with Crippen LogP contribution in [0.5, 0.6) is 0 Å². The quantitative estimate of drug-likeness (QED) is 0.643. The van der Waals surface area contributed by atoms with Gasteiger partial charge in [0.1, 0.15) is 4.60 Å². The lowest BCUT2D eigenvalue weighted by Gasteiger charge is -2.17. The molecular formula is C15H11BrF2N6O. The molecule has 0 radical (unpaired) electrons. The van der Waals surface area contributed by atoms with E-state index in [1.54, 1.807) is 0 Å². The van der Waals surface area contributed by atoms with Crippen LogP contribution in [0.25, 0.3) is 11.5 Å². The van der Waals surface area contributed by atoms with Crippen molar-refractivity contribution >= 4 is 21.9 Å². The maximum absolute atomic E-state index is 12.5. The van der Waals surface area contributed by atoms with Crippen LogP contribution in [0, 0.1) is 0 Å². The second-order valence-corrected chi connectivity index (χ2v) is 6.43. The summed E-state index contributed by atoms with van der Waals surface area (Å²) in [6.07, 6.45) is 3.80. The van der Waals surface area contributed by atoms with Gasteiger partial charge in [0, 0.05) is 18.6 Å². The Bertz CT molecular complexity index is 880. The van der Waals surface area contributed by atoms with Gasteiger partial charge < -0.3 is 9.73 Å². The van der Waals surface area contributed by atoms with E-state index in [9.17, 15) is 8.78 Å². The van der Waals surface area contributed by atoms with Gasteiger partial charge in [-0.05, 0) is 40.4 Å². The summed E-state index contributed by atoms with van der Waals surface area (Å²) in [7, 11) is 0. The molecule has 1 fully saturated rings. The number of hydrogen-bond acceptors (Lipinski definition) is 7. The van der Waals surface area contributed by atoms with Crippen molar-refractivity contribution in [3.05, 3.63) is 46.8 Å². The molecular weight excluding hydrogens is 398 g/mol. The van der Waals surface area contributed by atoms with Gasteiger partial charge in [-0.25, -0.2) is 15.0 Å². The largest absolute Gasteiger partial charge is 0.415 e. The summed E-state index contributed by atoms with van der Waals surface area (Å²) < 4.78 is 30.6. The molecule has 1 aliphatic rings. The third kappa shape index (κ3) is 3.21. The summed E-state index contributed by atoms with van der Waals surface area (Å²) in [4.78, 5) is 12.7. The van der Waals surface area contributed by atoms with E-state index in [1.165, 1.54) is 12.4 Å². The maximum atomic E-state index is 12.5. The highest BCUT2D eigenvalue weighted by Gasteiger charge is 2.45. The van der Waals surface area contributed by atoms with E-state index in [1.807, 2.05) is 18.3 Å². The lowest BCUT2D eigenvalue weighted by Crippen LogP contribution is -2.20. The van der Waals surface area contributed by atoms with E-state index in [0.717, 1.165) is 23.0 Å². The minimum atomic E-state index is -2.81. The Balaban J connectivity index is 1.51. The molecule has 128 valence electrons. The summed E-state index contributed by atoms with van der Waals surface area (Å²) in [6, 6.07) is 3.88. The molecule has 1 N–H and O–H groups in total. The van der Waals surface area contributed by atoms with Crippen LogP contribution in [-0.4, -0.2) is 25.1 Å². The zero-order chi connectivity index (χ0) is 17.4. The second-order valence-electron chi connectivity index (χ2n) is 5.62. The molecule has 0 saturated heterocycles. The molecule has 7 nitrogen and oxygen atoms in total. The first-order valence-electron chi connectivity index (χ1n) is 7.40. The monoisotopic (exact) mass is 408 g/mol. The van der Waals surface area contributed by atoms with Gasteiger partial charge in [-0.15, -0.1) is 10.2 Å². The van der Waals surface area contributed by atoms with Gasteiger partial charge in [0.2, 0.25) is 5.95 Å². The fourth-order valence-corrected chi connectivity index (χ4v) is 2.66. The van der Waals surface area contributed by atoms with Crippen molar-refractivity contribution in [3.63, 3.8) is 0 Å². The number of nitrogens with one attached hydrogen (secondary N) is 1. The molecule has 25 heavy (non-hydrogen) atoms. The summed E-state index contributed by atoms with van der Waals surface area (Å²) in [5.41, 5.74) is 1.21. The second kappa shape index (κ2) is 6.10. The van der Waals surface area contributed by atoms with Crippen molar-refractivity contribution in [1.82, 2.24) is 25.1 Å². The molecule has 3 aromatic heterocycles. The van der Waals surface area contributed by atoms with E-state index >= 15 is 0 Å². The Morgan fingerprint density at radius 2 is 1.84 bits per heavy atom. The van der Waals surface area contributed by atoms with Crippen LogP contribution in [0.15, 0.2) is 39.7 Å². The topological polar surface area (TPSA) is 89.6 Å². The lowest BCUT2D eigenvalue weighted by molar-refractivity contribution is 0.116. The van der Waals surface area contributed by atoms with Crippen LogP contribution >= 0.6 is 15.9 Å². The minimum absolute atomic E-state index is 0.0416. The normalized spacial score (nSPS) is 15.4.